The van der Waals surface area contributed by atoms with Crippen molar-refractivity contribution in [1.82, 2.24) is 0 Å². The van der Waals surface area contributed by atoms with E-state index in [1.165, 1.54) is 87.3 Å². The predicted octanol–water partition coefficient (Wildman–Crippen LogP) is 5.56. The average molecular weight is 527 g/mol. The van der Waals surface area contributed by atoms with Gasteiger partial charge < -0.3 is 9.23 Å². The molecule has 0 atom stereocenters. The van der Waals surface area contributed by atoms with Gasteiger partial charge in [-0.3, -0.25) is 0 Å². The van der Waals surface area contributed by atoms with Gasteiger partial charge in [-0.05, 0) is 78.0 Å². The number of anilines is 2. The third-order valence-corrected chi connectivity index (χ3v) is 10.6. The molecule has 186 valence electrons. The van der Waals surface area contributed by atoms with E-state index < -0.39 is 0 Å². The number of para-hydroxylation sites is 1. The summed E-state index contributed by atoms with van der Waals surface area (Å²) in [6, 6.07) is 32.2. The molecule has 0 radical (unpaired) electrons. The highest BCUT2D eigenvalue weighted by atomic mass is 32.2. The molecule has 6 aromatic rings. The van der Waals surface area contributed by atoms with Crippen molar-refractivity contribution in [2.45, 2.75) is 30.6 Å². The van der Waals surface area contributed by atoms with Crippen molar-refractivity contribution in [3.05, 3.63) is 102 Å². The fourth-order valence-corrected chi connectivity index (χ4v) is 9.15. The van der Waals surface area contributed by atoms with E-state index in [0.717, 1.165) is 11.2 Å². The van der Waals surface area contributed by atoms with Crippen molar-refractivity contribution in [2.75, 3.05) is 4.81 Å². The van der Waals surface area contributed by atoms with Crippen molar-refractivity contribution in [2.24, 2.45) is 0 Å². The molecule has 0 fully saturated rings. The molecule has 0 aliphatic carbocycles. The maximum atomic E-state index is 6.78. The maximum Gasteiger partial charge on any atom is 0.329 e. The normalized spacial score (nSPS) is 14.6. The van der Waals surface area contributed by atoms with Gasteiger partial charge in [0.1, 0.15) is 5.58 Å². The number of rotatable bonds is 0. The van der Waals surface area contributed by atoms with E-state index in [9.17, 15) is 0 Å². The van der Waals surface area contributed by atoms with E-state index in [1.807, 2.05) is 11.8 Å². The zero-order chi connectivity index (χ0) is 26.4. The van der Waals surface area contributed by atoms with Gasteiger partial charge in [0.15, 0.2) is 0 Å². The summed E-state index contributed by atoms with van der Waals surface area (Å²) < 4.78 is 6.78. The number of fused-ring (bicyclic) bond motifs is 11. The molecular weight excluding hydrogens is 504 g/mol. The summed E-state index contributed by atoms with van der Waals surface area (Å²) >= 11 is 1.88. The van der Waals surface area contributed by atoms with Crippen LogP contribution in [0.1, 0.15) is 16.7 Å². The van der Waals surface area contributed by atoms with Crippen LogP contribution in [0.5, 0.6) is 0 Å². The number of hydrogen-bond donors (Lipinski definition) is 0. The minimum absolute atomic E-state index is 0.0677. The quantitative estimate of drug-likeness (QED) is 0.241. The molecule has 5 aromatic carbocycles. The summed E-state index contributed by atoms with van der Waals surface area (Å²) in [7, 11) is 0. The van der Waals surface area contributed by atoms with Gasteiger partial charge in [0, 0.05) is 32.8 Å². The second-order valence-electron chi connectivity index (χ2n) is 11.9. The highest BCUT2D eigenvalue weighted by Crippen LogP contribution is 2.50. The number of benzene rings is 5. The summed E-state index contributed by atoms with van der Waals surface area (Å²) in [6.45, 7) is 6.89. The van der Waals surface area contributed by atoms with Crippen LogP contribution in [0, 0.1) is 20.8 Å². The number of hydrogen-bond acceptors (Lipinski definition) is 3. The molecule has 0 N–H and O–H groups in total. The fraction of sp³-hybridized carbons (Fsp3) is 0.0857. The van der Waals surface area contributed by atoms with Crippen LogP contribution in [0.15, 0.2) is 99.1 Å². The number of furan rings is 1. The first-order valence-corrected chi connectivity index (χ1v) is 14.9. The van der Waals surface area contributed by atoms with Crippen molar-refractivity contribution in [1.29, 1.82) is 0 Å². The summed E-state index contributed by atoms with van der Waals surface area (Å²) in [4.78, 5) is 5.32. The molecule has 40 heavy (non-hydrogen) atoms. The van der Waals surface area contributed by atoms with Gasteiger partial charge in [-0.15, -0.1) is 0 Å². The lowest BCUT2D eigenvalue weighted by Crippen LogP contribution is -2.68. The lowest BCUT2D eigenvalue weighted by atomic mass is 9.33. The van der Waals surface area contributed by atoms with Gasteiger partial charge in [0.05, 0.1) is 10.6 Å². The third-order valence-electron chi connectivity index (χ3n) is 9.43. The Kier molecular flexibility index (Phi) is 3.88. The Hall–Kier alpha value is -4.08. The van der Waals surface area contributed by atoms with E-state index in [2.05, 4.69) is 111 Å². The zero-order valence-electron chi connectivity index (χ0n) is 22.5. The Morgan fingerprint density at radius 1 is 0.650 bits per heavy atom. The molecular formula is C35H23B2NOS. The fourth-order valence-electron chi connectivity index (χ4n) is 7.93. The summed E-state index contributed by atoms with van der Waals surface area (Å²) in [6.07, 6.45) is 0. The van der Waals surface area contributed by atoms with E-state index in [1.54, 1.807) is 0 Å². The van der Waals surface area contributed by atoms with Gasteiger partial charge >= 0.3 is 6.85 Å². The first kappa shape index (κ1) is 21.7. The molecule has 5 heteroatoms. The summed E-state index contributed by atoms with van der Waals surface area (Å²) in [5.74, 6) is 0. The van der Waals surface area contributed by atoms with Gasteiger partial charge in [0.25, 0.3) is 6.71 Å². The summed E-state index contributed by atoms with van der Waals surface area (Å²) in [5, 5.41) is 1.22. The molecule has 0 spiro atoms. The number of nitrogens with zero attached hydrogens (tertiary/aromatic N) is 1. The van der Waals surface area contributed by atoms with Gasteiger partial charge in [-0.25, -0.2) is 0 Å². The molecule has 0 unspecified atom stereocenters. The highest BCUT2D eigenvalue weighted by molar-refractivity contribution is 8.00. The summed E-state index contributed by atoms with van der Waals surface area (Å²) in [5.41, 5.74) is 19.7. The van der Waals surface area contributed by atoms with Crippen LogP contribution < -0.4 is 32.3 Å². The Bertz CT molecular complexity index is 2160. The van der Waals surface area contributed by atoms with Crippen LogP contribution in [0.3, 0.4) is 0 Å². The Morgan fingerprint density at radius 3 is 2.15 bits per heavy atom. The van der Waals surface area contributed by atoms with Gasteiger partial charge in [-0.1, -0.05) is 89.1 Å². The van der Waals surface area contributed by atoms with Crippen LogP contribution in [0.2, 0.25) is 0 Å². The molecule has 2 nitrogen and oxygen atoms in total. The lowest BCUT2D eigenvalue weighted by Gasteiger charge is -2.50. The van der Waals surface area contributed by atoms with Crippen molar-refractivity contribution in [3.63, 3.8) is 0 Å². The minimum atomic E-state index is 0.0677. The Morgan fingerprint density at radius 2 is 1.35 bits per heavy atom. The van der Waals surface area contributed by atoms with E-state index >= 15 is 0 Å². The van der Waals surface area contributed by atoms with Crippen molar-refractivity contribution >= 4 is 75.2 Å². The second-order valence-corrected chi connectivity index (χ2v) is 13.0. The molecule has 0 bridgehead atoms. The molecule has 0 amide bonds. The molecule has 5 heterocycles. The molecule has 1 aromatic heterocycles. The van der Waals surface area contributed by atoms with Gasteiger partial charge in [0.2, 0.25) is 0 Å². The monoisotopic (exact) mass is 527 g/mol. The second kappa shape index (κ2) is 7.16. The Labute approximate surface area is 238 Å². The molecule has 0 saturated heterocycles. The van der Waals surface area contributed by atoms with E-state index in [0.29, 0.717) is 0 Å². The van der Waals surface area contributed by atoms with Crippen molar-refractivity contribution < 1.29 is 4.42 Å². The van der Waals surface area contributed by atoms with Gasteiger partial charge in [-0.2, -0.15) is 0 Å². The van der Waals surface area contributed by atoms with Crippen LogP contribution >= 0.6 is 11.8 Å². The third kappa shape index (κ3) is 2.47. The molecule has 4 aliphatic rings. The molecule has 10 rings (SSSR count). The number of aryl methyl sites for hydroxylation is 3. The predicted molar refractivity (Wildman–Crippen MR) is 170 cm³/mol. The van der Waals surface area contributed by atoms with E-state index in [4.69, 9.17) is 4.42 Å². The first-order valence-electron chi connectivity index (χ1n) is 14.1. The lowest BCUT2D eigenvalue weighted by molar-refractivity contribution is 0.645. The van der Waals surface area contributed by atoms with Crippen molar-refractivity contribution in [3.8, 4) is 22.3 Å². The van der Waals surface area contributed by atoms with Crippen LogP contribution in [-0.4, -0.2) is 13.6 Å². The standard InChI is InChI=1S/C35H23B2NOS/c1-18-8-10-21-23-12-13-30-31-33(23)38-32-25(22-11-9-19(2)16-27(22)37(38)26(21)15-18)14-20(3)17-28(32)36(31)35-34(40-30)24-6-4-5-7-29(24)39-35/h4-17H,1-3H3. The average Bonchev–Trinajstić information content (AvgIpc) is 3.33. The highest BCUT2D eigenvalue weighted by Gasteiger charge is 2.52. The molecule has 0 saturated carbocycles. The van der Waals surface area contributed by atoms with E-state index in [-0.39, 0.29) is 13.6 Å². The topological polar surface area (TPSA) is 16.4 Å². The van der Waals surface area contributed by atoms with Crippen LogP contribution in [-0.2, 0) is 0 Å². The SMILES string of the molecule is Cc1ccc2c(c1)B1c3cc(C)ccc3-c3ccc4c5c3N1c1c(cc(C)cc1-2)B5c1oc2ccccc2c1S4. The Balaban J connectivity index is 1.42. The maximum absolute atomic E-state index is 6.78. The van der Waals surface area contributed by atoms with Crippen LogP contribution in [0.4, 0.5) is 11.4 Å². The first-order chi connectivity index (χ1) is 19.6. The zero-order valence-corrected chi connectivity index (χ0v) is 23.3. The smallest absolute Gasteiger partial charge is 0.329 e. The van der Waals surface area contributed by atoms with Crippen LogP contribution in [0.25, 0.3) is 33.2 Å². The minimum Gasteiger partial charge on any atom is -0.469 e. The largest absolute Gasteiger partial charge is 0.469 e. The molecule has 4 aliphatic heterocycles.